The molecular weight excluding hydrogens is 359 g/mol. The monoisotopic (exact) mass is 388 g/mol. The molecule has 2 aliphatic rings. The lowest BCUT2D eigenvalue weighted by atomic mass is 10.0. The maximum absolute atomic E-state index is 13.5. The summed E-state index contributed by atoms with van der Waals surface area (Å²) in [7, 11) is 1.67. The zero-order valence-corrected chi connectivity index (χ0v) is 16.5. The van der Waals surface area contributed by atoms with Gasteiger partial charge >= 0.3 is 0 Å². The Bertz CT molecular complexity index is 737. The van der Waals surface area contributed by atoms with Gasteiger partial charge in [-0.3, -0.25) is 9.80 Å². The minimum absolute atomic E-state index is 0.0850. The summed E-state index contributed by atoms with van der Waals surface area (Å²) in [5.74, 6) is 0.561. The standard InChI is InChI=1S/C20H29FN6O/c1-28-15-14-27-20(22-23-24-27)19(16-6-8-17(21)9-7-16)26-12-10-25(11-13-26)18-4-2-3-5-18/h6-9,18-19H,2-5,10-15H2,1H3/t19-/m0/s1. The third kappa shape index (κ3) is 4.24. The zero-order chi connectivity index (χ0) is 19.3. The maximum atomic E-state index is 13.5. The number of nitrogens with zero attached hydrogens (tertiary/aromatic N) is 6. The molecule has 1 aliphatic heterocycles. The summed E-state index contributed by atoms with van der Waals surface area (Å²) < 4.78 is 20.5. The summed E-state index contributed by atoms with van der Waals surface area (Å²) in [4.78, 5) is 5.06. The van der Waals surface area contributed by atoms with E-state index in [9.17, 15) is 4.39 Å². The number of rotatable bonds is 7. The van der Waals surface area contributed by atoms with Crippen LogP contribution in [0.3, 0.4) is 0 Å². The van der Waals surface area contributed by atoms with E-state index < -0.39 is 0 Å². The summed E-state index contributed by atoms with van der Waals surface area (Å²) in [6.07, 6.45) is 5.38. The highest BCUT2D eigenvalue weighted by atomic mass is 19.1. The van der Waals surface area contributed by atoms with E-state index in [-0.39, 0.29) is 11.9 Å². The lowest BCUT2D eigenvalue weighted by Crippen LogP contribution is -2.51. The van der Waals surface area contributed by atoms with Crippen molar-refractivity contribution in [2.45, 2.75) is 44.3 Å². The van der Waals surface area contributed by atoms with E-state index >= 15 is 0 Å². The molecule has 2 heterocycles. The molecule has 7 nitrogen and oxygen atoms in total. The smallest absolute Gasteiger partial charge is 0.173 e. The van der Waals surface area contributed by atoms with Gasteiger partial charge in [-0.05, 0) is 41.0 Å². The number of methoxy groups -OCH3 is 1. The van der Waals surface area contributed by atoms with Crippen LogP contribution < -0.4 is 0 Å². The van der Waals surface area contributed by atoms with Crippen LogP contribution in [0, 0.1) is 5.82 Å². The van der Waals surface area contributed by atoms with Gasteiger partial charge in [-0.2, -0.15) is 0 Å². The van der Waals surface area contributed by atoms with Gasteiger partial charge in [0, 0.05) is 39.3 Å². The fourth-order valence-electron chi connectivity index (χ4n) is 4.54. The molecular formula is C20H29FN6O. The Morgan fingerprint density at radius 3 is 2.50 bits per heavy atom. The molecule has 0 spiro atoms. The molecule has 1 aromatic carbocycles. The number of hydrogen-bond donors (Lipinski definition) is 0. The molecule has 0 amide bonds. The Morgan fingerprint density at radius 2 is 1.82 bits per heavy atom. The summed E-state index contributed by atoms with van der Waals surface area (Å²) in [5.41, 5.74) is 1.02. The van der Waals surface area contributed by atoms with Gasteiger partial charge in [-0.1, -0.05) is 25.0 Å². The minimum atomic E-state index is -0.229. The fraction of sp³-hybridized carbons (Fsp3) is 0.650. The second-order valence-electron chi connectivity index (χ2n) is 7.72. The van der Waals surface area contributed by atoms with Gasteiger partial charge in [-0.15, -0.1) is 5.10 Å². The average molecular weight is 388 g/mol. The molecule has 1 aromatic heterocycles. The molecule has 4 rings (SSSR count). The molecule has 1 saturated carbocycles. The summed E-state index contributed by atoms with van der Waals surface area (Å²) in [6, 6.07) is 7.38. The van der Waals surface area contributed by atoms with Crippen LogP contribution in [-0.4, -0.2) is 75.9 Å². The van der Waals surface area contributed by atoms with Crippen LogP contribution in [0.1, 0.15) is 43.1 Å². The van der Waals surface area contributed by atoms with Gasteiger partial charge in [0.25, 0.3) is 0 Å². The Balaban J connectivity index is 1.55. The van der Waals surface area contributed by atoms with Crippen LogP contribution in [0.15, 0.2) is 24.3 Å². The van der Waals surface area contributed by atoms with Crippen molar-refractivity contribution in [2.75, 3.05) is 39.9 Å². The summed E-state index contributed by atoms with van der Waals surface area (Å²) >= 11 is 0. The first-order valence-corrected chi connectivity index (χ1v) is 10.2. The van der Waals surface area contributed by atoms with Crippen LogP contribution in [0.25, 0.3) is 0 Å². The van der Waals surface area contributed by atoms with E-state index in [2.05, 4.69) is 25.3 Å². The van der Waals surface area contributed by atoms with E-state index in [0.29, 0.717) is 13.2 Å². The number of halogens is 1. The zero-order valence-electron chi connectivity index (χ0n) is 16.5. The van der Waals surface area contributed by atoms with Crippen molar-refractivity contribution in [3.05, 3.63) is 41.5 Å². The molecule has 0 bridgehead atoms. The third-order valence-electron chi connectivity index (χ3n) is 6.05. The number of hydrogen-bond acceptors (Lipinski definition) is 6. The van der Waals surface area contributed by atoms with Crippen molar-refractivity contribution in [1.29, 1.82) is 0 Å². The summed E-state index contributed by atoms with van der Waals surface area (Å²) in [5, 5.41) is 12.4. The second kappa shape index (κ2) is 9.07. The van der Waals surface area contributed by atoms with Gasteiger partial charge < -0.3 is 4.74 Å². The molecule has 152 valence electrons. The molecule has 1 atom stereocenters. The normalized spacial score (nSPS) is 20.6. The molecule has 1 aliphatic carbocycles. The van der Waals surface area contributed by atoms with Crippen LogP contribution in [0.4, 0.5) is 4.39 Å². The van der Waals surface area contributed by atoms with Gasteiger partial charge in [0.1, 0.15) is 5.82 Å². The van der Waals surface area contributed by atoms with E-state index in [4.69, 9.17) is 4.74 Å². The highest BCUT2D eigenvalue weighted by molar-refractivity contribution is 5.25. The Labute approximate surface area is 165 Å². The molecule has 28 heavy (non-hydrogen) atoms. The van der Waals surface area contributed by atoms with Crippen molar-refractivity contribution in [3.8, 4) is 0 Å². The SMILES string of the molecule is COCCn1nnnc1[C@H](c1ccc(F)cc1)N1CCN(C2CCCC2)CC1. The van der Waals surface area contributed by atoms with E-state index in [1.54, 1.807) is 11.8 Å². The predicted molar refractivity (Wildman–Crippen MR) is 103 cm³/mol. The first-order chi connectivity index (χ1) is 13.8. The van der Waals surface area contributed by atoms with Crippen LogP contribution >= 0.6 is 0 Å². The van der Waals surface area contributed by atoms with Gasteiger partial charge in [0.15, 0.2) is 5.82 Å². The van der Waals surface area contributed by atoms with Crippen molar-refractivity contribution in [1.82, 2.24) is 30.0 Å². The average Bonchev–Trinajstić information content (AvgIpc) is 3.41. The van der Waals surface area contributed by atoms with Crippen molar-refractivity contribution >= 4 is 0 Å². The van der Waals surface area contributed by atoms with Gasteiger partial charge in [-0.25, -0.2) is 9.07 Å². The Morgan fingerprint density at radius 1 is 1.11 bits per heavy atom. The van der Waals surface area contributed by atoms with E-state index in [1.165, 1.54) is 37.8 Å². The first kappa shape index (κ1) is 19.4. The largest absolute Gasteiger partial charge is 0.383 e. The molecule has 1 saturated heterocycles. The second-order valence-corrected chi connectivity index (χ2v) is 7.72. The topological polar surface area (TPSA) is 59.3 Å². The first-order valence-electron chi connectivity index (χ1n) is 10.2. The minimum Gasteiger partial charge on any atom is -0.383 e. The van der Waals surface area contributed by atoms with Crippen LogP contribution in [-0.2, 0) is 11.3 Å². The number of aromatic nitrogens is 4. The Hall–Kier alpha value is -1.90. The van der Waals surface area contributed by atoms with Gasteiger partial charge in [0.2, 0.25) is 0 Å². The number of benzene rings is 1. The van der Waals surface area contributed by atoms with Crippen molar-refractivity contribution in [3.63, 3.8) is 0 Å². The number of tetrazole rings is 1. The lowest BCUT2D eigenvalue weighted by Gasteiger charge is -2.41. The van der Waals surface area contributed by atoms with Gasteiger partial charge in [0.05, 0.1) is 19.2 Å². The van der Waals surface area contributed by atoms with E-state index in [0.717, 1.165) is 43.6 Å². The molecule has 0 N–H and O–H groups in total. The quantitative estimate of drug-likeness (QED) is 0.724. The third-order valence-corrected chi connectivity index (χ3v) is 6.05. The van der Waals surface area contributed by atoms with E-state index in [1.807, 2.05) is 12.1 Å². The number of piperazine rings is 1. The highest BCUT2D eigenvalue weighted by Crippen LogP contribution is 2.30. The van der Waals surface area contributed by atoms with Crippen molar-refractivity contribution < 1.29 is 9.13 Å². The fourth-order valence-corrected chi connectivity index (χ4v) is 4.54. The Kier molecular flexibility index (Phi) is 6.29. The highest BCUT2D eigenvalue weighted by Gasteiger charge is 2.33. The molecule has 8 heteroatoms. The molecule has 2 fully saturated rings. The predicted octanol–water partition coefficient (Wildman–Crippen LogP) is 2.11. The van der Waals surface area contributed by atoms with Crippen LogP contribution in [0.5, 0.6) is 0 Å². The van der Waals surface area contributed by atoms with Crippen LogP contribution in [0.2, 0.25) is 0 Å². The molecule has 0 radical (unpaired) electrons. The maximum Gasteiger partial charge on any atom is 0.173 e. The summed E-state index contributed by atoms with van der Waals surface area (Å²) in [6.45, 7) is 5.16. The van der Waals surface area contributed by atoms with Crippen molar-refractivity contribution in [2.24, 2.45) is 0 Å². The molecule has 2 aromatic rings. The molecule has 0 unspecified atom stereocenters. The lowest BCUT2D eigenvalue weighted by molar-refractivity contribution is 0.0763. The number of ether oxygens (including phenoxy) is 1.